The molecule has 0 N–H and O–H groups in total. The summed E-state index contributed by atoms with van der Waals surface area (Å²) < 4.78 is 13.1. The van der Waals surface area contributed by atoms with Gasteiger partial charge in [0.05, 0.1) is 38.1 Å². The van der Waals surface area contributed by atoms with Gasteiger partial charge in [0.25, 0.3) is 5.91 Å². The first-order valence-electron chi connectivity index (χ1n) is 10.6. The topological polar surface area (TPSA) is 56.6 Å². The van der Waals surface area contributed by atoms with E-state index < -0.39 is 0 Å². The van der Waals surface area contributed by atoms with Crippen LogP contribution in [0.25, 0.3) is 0 Å². The number of aromatic nitrogens is 2. The third kappa shape index (κ3) is 4.02. The average Bonchev–Trinajstić information content (AvgIpc) is 3.39. The number of ether oxygens (including phenoxy) is 2. The average molecular weight is 420 g/mol. The third-order valence-electron chi connectivity index (χ3n) is 6.16. The lowest BCUT2D eigenvalue weighted by Gasteiger charge is -2.26. The summed E-state index contributed by atoms with van der Waals surface area (Å²) in [5, 5.41) is 0. The van der Waals surface area contributed by atoms with Crippen molar-refractivity contribution in [2.75, 3.05) is 20.8 Å². The van der Waals surface area contributed by atoms with Crippen LogP contribution in [0.5, 0.6) is 11.5 Å². The summed E-state index contributed by atoms with van der Waals surface area (Å²) in [6.45, 7) is 5.45. The third-order valence-corrected chi connectivity index (χ3v) is 6.16. The van der Waals surface area contributed by atoms with Crippen molar-refractivity contribution >= 4 is 5.91 Å². The number of carbonyl (C=O) groups excluding carboxylic acids is 1. The van der Waals surface area contributed by atoms with E-state index in [4.69, 9.17) is 9.47 Å². The van der Waals surface area contributed by atoms with Crippen molar-refractivity contribution in [2.45, 2.75) is 39.3 Å². The van der Waals surface area contributed by atoms with Crippen molar-refractivity contribution in [3.05, 3.63) is 76.9 Å². The molecule has 1 saturated heterocycles. The summed E-state index contributed by atoms with van der Waals surface area (Å²) in [5.41, 5.74) is 4.79. The Morgan fingerprint density at radius 3 is 2.68 bits per heavy atom. The molecule has 2 aromatic heterocycles. The fourth-order valence-corrected chi connectivity index (χ4v) is 4.50. The van der Waals surface area contributed by atoms with Crippen molar-refractivity contribution in [1.29, 1.82) is 0 Å². The highest BCUT2D eigenvalue weighted by molar-refractivity contribution is 5.96. The van der Waals surface area contributed by atoms with Crippen molar-refractivity contribution < 1.29 is 14.3 Å². The second kappa shape index (κ2) is 8.84. The predicted octanol–water partition coefficient (Wildman–Crippen LogP) is 4.54. The summed E-state index contributed by atoms with van der Waals surface area (Å²) in [4.78, 5) is 20.0. The molecule has 31 heavy (non-hydrogen) atoms. The zero-order valence-corrected chi connectivity index (χ0v) is 18.6. The van der Waals surface area contributed by atoms with Crippen molar-refractivity contribution in [3.8, 4) is 11.5 Å². The number of benzene rings is 1. The van der Waals surface area contributed by atoms with Gasteiger partial charge in [-0.25, -0.2) is 0 Å². The molecule has 0 saturated carbocycles. The van der Waals surface area contributed by atoms with E-state index in [1.54, 1.807) is 20.4 Å². The Kier molecular flexibility index (Phi) is 5.98. The van der Waals surface area contributed by atoms with Gasteiger partial charge in [-0.1, -0.05) is 6.07 Å². The summed E-state index contributed by atoms with van der Waals surface area (Å²) >= 11 is 0. The van der Waals surface area contributed by atoms with E-state index in [-0.39, 0.29) is 11.9 Å². The second-order valence-electron chi connectivity index (χ2n) is 7.96. The zero-order chi connectivity index (χ0) is 22.0. The minimum absolute atomic E-state index is 0.00722. The number of rotatable bonds is 6. The highest BCUT2D eigenvalue weighted by Gasteiger charge is 2.34. The van der Waals surface area contributed by atoms with Crippen LogP contribution in [0.3, 0.4) is 0 Å². The van der Waals surface area contributed by atoms with Crippen LogP contribution >= 0.6 is 0 Å². The molecule has 1 aromatic carbocycles. The minimum Gasteiger partial charge on any atom is -0.497 e. The van der Waals surface area contributed by atoms with Crippen LogP contribution in [0.1, 0.15) is 51.9 Å². The van der Waals surface area contributed by atoms with Crippen molar-refractivity contribution in [1.82, 2.24) is 14.5 Å². The number of aryl methyl sites for hydroxylation is 1. The number of carbonyl (C=O) groups is 1. The molecule has 0 spiro atoms. The van der Waals surface area contributed by atoms with Crippen LogP contribution in [-0.4, -0.2) is 41.1 Å². The molecule has 1 fully saturated rings. The summed E-state index contributed by atoms with van der Waals surface area (Å²) in [6, 6.07) is 13.7. The largest absolute Gasteiger partial charge is 0.497 e. The van der Waals surface area contributed by atoms with Crippen LogP contribution in [0.2, 0.25) is 0 Å². The molecule has 4 rings (SSSR count). The van der Waals surface area contributed by atoms with Crippen LogP contribution in [0.4, 0.5) is 0 Å². The van der Waals surface area contributed by atoms with Gasteiger partial charge < -0.3 is 18.9 Å². The maximum atomic E-state index is 13.6. The van der Waals surface area contributed by atoms with Crippen molar-refractivity contribution in [3.63, 3.8) is 0 Å². The highest BCUT2D eigenvalue weighted by atomic mass is 16.5. The first-order chi connectivity index (χ1) is 15.0. The molecule has 1 aliphatic rings. The van der Waals surface area contributed by atoms with Gasteiger partial charge in [-0.15, -0.1) is 0 Å². The van der Waals surface area contributed by atoms with E-state index in [2.05, 4.69) is 9.55 Å². The van der Waals surface area contributed by atoms with E-state index in [1.807, 2.05) is 61.2 Å². The van der Waals surface area contributed by atoms with Crippen LogP contribution in [0, 0.1) is 13.8 Å². The Morgan fingerprint density at radius 2 is 1.97 bits per heavy atom. The minimum atomic E-state index is -0.00722. The van der Waals surface area contributed by atoms with Gasteiger partial charge in [-0.3, -0.25) is 9.78 Å². The number of pyridine rings is 1. The van der Waals surface area contributed by atoms with E-state index >= 15 is 0 Å². The van der Waals surface area contributed by atoms with Gasteiger partial charge in [0.2, 0.25) is 0 Å². The maximum absolute atomic E-state index is 13.6. The Hall–Kier alpha value is -3.28. The number of nitrogens with zero attached hydrogens (tertiary/aromatic N) is 3. The SMILES string of the molecule is COc1ccc(C2CCCN2C(=O)c2cc(C)n(Cc3ccccn3)c2C)c(OC)c1. The van der Waals surface area contributed by atoms with E-state index in [0.29, 0.717) is 6.54 Å². The van der Waals surface area contributed by atoms with E-state index in [1.165, 1.54) is 0 Å². The Labute approximate surface area is 183 Å². The Morgan fingerprint density at radius 1 is 1.13 bits per heavy atom. The summed E-state index contributed by atoms with van der Waals surface area (Å²) in [7, 11) is 3.30. The van der Waals surface area contributed by atoms with Crippen LogP contribution < -0.4 is 9.47 Å². The molecule has 1 unspecified atom stereocenters. The van der Waals surface area contributed by atoms with Gasteiger partial charge in [0.15, 0.2) is 0 Å². The number of likely N-dealkylation sites (tertiary alicyclic amines) is 1. The molecule has 0 bridgehead atoms. The number of methoxy groups -OCH3 is 2. The lowest BCUT2D eigenvalue weighted by molar-refractivity contribution is 0.0733. The standard InChI is InChI=1S/C25H29N3O3/c1-17-14-22(18(2)28(17)16-19-8-5-6-12-26-19)25(29)27-13-7-9-23(27)21-11-10-20(30-3)15-24(21)31-4/h5-6,8,10-12,14-15,23H,7,9,13,16H2,1-4H3. The maximum Gasteiger partial charge on any atom is 0.256 e. The molecule has 1 atom stereocenters. The molecule has 3 heterocycles. The Bertz CT molecular complexity index is 1080. The van der Waals surface area contributed by atoms with Gasteiger partial charge in [-0.05, 0) is 57.0 Å². The fourth-order valence-electron chi connectivity index (χ4n) is 4.50. The molecular weight excluding hydrogens is 390 g/mol. The van der Waals surface area contributed by atoms with Crippen LogP contribution in [0.15, 0.2) is 48.7 Å². The molecule has 6 heteroatoms. The van der Waals surface area contributed by atoms with Gasteiger partial charge >= 0.3 is 0 Å². The monoisotopic (exact) mass is 419 g/mol. The Balaban J connectivity index is 1.63. The van der Waals surface area contributed by atoms with Crippen LogP contribution in [-0.2, 0) is 6.54 Å². The van der Waals surface area contributed by atoms with Gasteiger partial charge in [-0.2, -0.15) is 0 Å². The molecular formula is C25H29N3O3. The number of amides is 1. The molecule has 6 nitrogen and oxygen atoms in total. The molecule has 0 radical (unpaired) electrons. The van der Waals surface area contributed by atoms with Crippen molar-refractivity contribution in [2.24, 2.45) is 0 Å². The lowest BCUT2D eigenvalue weighted by Crippen LogP contribution is -2.31. The molecule has 1 aliphatic heterocycles. The zero-order valence-electron chi connectivity index (χ0n) is 18.6. The first-order valence-corrected chi connectivity index (χ1v) is 10.6. The van der Waals surface area contributed by atoms with E-state index in [9.17, 15) is 4.79 Å². The molecule has 1 amide bonds. The van der Waals surface area contributed by atoms with E-state index in [0.717, 1.165) is 59.1 Å². The fraction of sp³-hybridized carbons (Fsp3) is 0.360. The summed E-state index contributed by atoms with van der Waals surface area (Å²) in [5.74, 6) is 1.57. The second-order valence-corrected chi connectivity index (χ2v) is 7.96. The predicted molar refractivity (Wildman–Crippen MR) is 120 cm³/mol. The number of hydrogen-bond donors (Lipinski definition) is 0. The number of hydrogen-bond acceptors (Lipinski definition) is 4. The van der Waals surface area contributed by atoms with Gasteiger partial charge in [0.1, 0.15) is 11.5 Å². The highest BCUT2D eigenvalue weighted by Crippen LogP contribution is 2.39. The first kappa shape index (κ1) is 21.0. The normalized spacial score (nSPS) is 15.9. The molecule has 162 valence electrons. The quantitative estimate of drug-likeness (QED) is 0.589. The molecule has 0 aliphatic carbocycles. The lowest BCUT2D eigenvalue weighted by atomic mass is 10.0. The van der Waals surface area contributed by atoms with Gasteiger partial charge in [0, 0.05) is 35.8 Å². The summed E-state index contributed by atoms with van der Waals surface area (Å²) in [6.07, 6.45) is 3.69. The molecule has 3 aromatic rings. The smallest absolute Gasteiger partial charge is 0.256 e.